The van der Waals surface area contributed by atoms with Gasteiger partial charge in [-0.25, -0.2) is 5.01 Å². The first-order chi connectivity index (χ1) is 12.7. The lowest BCUT2D eigenvalue weighted by molar-refractivity contribution is 0.288. The van der Waals surface area contributed by atoms with Gasteiger partial charge < -0.3 is 10.2 Å². The van der Waals surface area contributed by atoms with Gasteiger partial charge in [0.2, 0.25) is 0 Å². The molecule has 4 rings (SSSR count). The standard InChI is InChI=1S/C18H20N6O2/c1-12-9-13(5-4-8-25)10-16(18(12)26)24-21-14-6-2-3-7-15(14)23(24)17-11-19-22-20-17/h2-3,6-7,9-11,21,25-26H,4-5,8H2,1H3,(H,19,20,22). The van der Waals surface area contributed by atoms with Gasteiger partial charge in [0.1, 0.15) is 11.4 Å². The van der Waals surface area contributed by atoms with Crippen molar-refractivity contribution in [3.8, 4) is 5.75 Å². The average Bonchev–Trinajstić information content (AvgIpc) is 3.29. The third-order valence-electron chi connectivity index (χ3n) is 4.37. The Balaban J connectivity index is 1.81. The highest BCUT2D eigenvalue weighted by Gasteiger charge is 2.32. The number of hydrazine groups is 2. The number of aromatic amines is 1. The molecule has 0 bridgehead atoms. The number of phenols is 1. The van der Waals surface area contributed by atoms with Crippen LogP contribution in [0.15, 0.2) is 42.6 Å². The van der Waals surface area contributed by atoms with Gasteiger partial charge in [-0.05, 0) is 49.1 Å². The van der Waals surface area contributed by atoms with E-state index in [-0.39, 0.29) is 12.4 Å². The van der Waals surface area contributed by atoms with Crippen LogP contribution in [0.3, 0.4) is 0 Å². The maximum absolute atomic E-state index is 10.7. The predicted molar refractivity (Wildman–Crippen MR) is 99.3 cm³/mol. The van der Waals surface area contributed by atoms with Gasteiger partial charge in [-0.3, -0.25) is 10.5 Å². The van der Waals surface area contributed by atoms with Crippen LogP contribution >= 0.6 is 0 Å². The lowest BCUT2D eigenvalue weighted by Crippen LogP contribution is -2.38. The first-order valence-electron chi connectivity index (χ1n) is 8.44. The van der Waals surface area contributed by atoms with Gasteiger partial charge in [-0.2, -0.15) is 5.12 Å². The molecule has 26 heavy (non-hydrogen) atoms. The van der Waals surface area contributed by atoms with E-state index < -0.39 is 0 Å². The molecule has 134 valence electrons. The second-order valence-electron chi connectivity index (χ2n) is 6.19. The highest BCUT2D eigenvalue weighted by Crippen LogP contribution is 2.43. The fourth-order valence-corrected chi connectivity index (χ4v) is 3.14. The molecule has 0 amide bonds. The normalized spacial score (nSPS) is 13.0. The van der Waals surface area contributed by atoms with E-state index in [1.807, 2.05) is 48.3 Å². The molecule has 8 nitrogen and oxygen atoms in total. The van der Waals surface area contributed by atoms with Crippen LogP contribution in [-0.2, 0) is 6.42 Å². The lowest BCUT2D eigenvalue weighted by atomic mass is 10.0. The summed E-state index contributed by atoms with van der Waals surface area (Å²) in [5, 5.41) is 34.1. The molecule has 0 atom stereocenters. The number of hydrogen-bond donors (Lipinski definition) is 4. The molecule has 8 heteroatoms. The van der Waals surface area contributed by atoms with E-state index in [0.717, 1.165) is 28.9 Å². The molecule has 0 fully saturated rings. The first kappa shape index (κ1) is 16.2. The zero-order chi connectivity index (χ0) is 18.1. The summed E-state index contributed by atoms with van der Waals surface area (Å²) >= 11 is 0. The van der Waals surface area contributed by atoms with Crippen LogP contribution in [0.25, 0.3) is 0 Å². The van der Waals surface area contributed by atoms with E-state index >= 15 is 0 Å². The summed E-state index contributed by atoms with van der Waals surface area (Å²) in [6, 6.07) is 11.7. The third kappa shape index (κ3) is 2.70. The van der Waals surface area contributed by atoms with E-state index in [1.54, 1.807) is 11.3 Å². The number of aromatic nitrogens is 3. The number of aliphatic hydroxyl groups is 1. The highest BCUT2D eigenvalue weighted by molar-refractivity contribution is 5.87. The number of aliphatic hydroxyl groups excluding tert-OH is 1. The minimum Gasteiger partial charge on any atom is -0.505 e. The number of aryl methyl sites for hydroxylation is 2. The maximum atomic E-state index is 10.7. The summed E-state index contributed by atoms with van der Waals surface area (Å²) in [5.41, 5.74) is 7.53. The highest BCUT2D eigenvalue weighted by atomic mass is 16.3. The number of nitrogens with one attached hydrogen (secondary N) is 2. The van der Waals surface area contributed by atoms with Crippen LogP contribution in [-0.4, -0.2) is 32.2 Å². The Kier molecular flexibility index (Phi) is 4.10. The molecule has 0 saturated heterocycles. The lowest BCUT2D eigenvalue weighted by Gasteiger charge is -2.30. The van der Waals surface area contributed by atoms with Gasteiger partial charge in [0.25, 0.3) is 0 Å². The molecule has 1 aliphatic heterocycles. The summed E-state index contributed by atoms with van der Waals surface area (Å²) in [7, 11) is 0. The number of phenolic OH excluding ortho intramolecular Hbond substituents is 1. The number of anilines is 4. The van der Waals surface area contributed by atoms with Crippen molar-refractivity contribution in [2.75, 3.05) is 22.2 Å². The van der Waals surface area contributed by atoms with Crippen LogP contribution in [0.2, 0.25) is 0 Å². The molecule has 1 aliphatic rings. The van der Waals surface area contributed by atoms with E-state index in [9.17, 15) is 5.11 Å². The zero-order valence-corrected chi connectivity index (χ0v) is 14.3. The minimum atomic E-state index is 0.133. The molecular formula is C18H20N6O2. The van der Waals surface area contributed by atoms with E-state index in [2.05, 4.69) is 20.8 Å². The summed E-state index contributed by atoms with van der Waals surface area (Å²) in [6.07, 6.45) is 3.09. The molecule has 0 spiro atoms. The third-order valence-corrected chi connectivity index (χ3v) is 4.37. The number of H-pyrrole nitrogens is 1. The van der Waals surface area contributed by atoms with Gasteiger partial charge >= 0.3 is 0 Å². The maximum Gasteiger partial charge on any atom is 0.195 e. The van der Waals surface area contributed by atoms with Gasteiger partial charge in [0, 0.05) is 6.61 Å². The minimum absolute atomic E-state index is 0.133. The van der Waals surface area contributed by atoms with Crippen molar-refractivity contribution in [2.24, 2.45) is 0 Å². The summed E-state index contributed by atoms with van der Waals surface area (Å²) in [5.74, 6) is 0.784. The Hall–Kier alpha value is -3.26. The largest absolute Gasteiger partial charge is 0.505 e. The summed E-state index contributed by atoms with van der Waals surface area (Å²) in [6.45, 7) is 2.00. The molecule has 0 saturated carbocycles. The average molecular weight is 352 g/mol. The molecule has 2 heterocycles. The van der Waals surface area contributed by atoms with Crippen molar-refractivity contribution in [1.82, 2.24) is 15.4 Å². The van der Waals surface area contributed by atoms with Crippen molar-refractivity contribution in [1.29, 1.82) is 0 Å². The van der Waals surface area contributed by atoms with Gasteiger partial charge in [-0.1, -0.05) is 23.4 Å². The Labute approximate surface area is 150 Å². The van der Waals surface area contributed by atoms with Crippen LogP contribution in [0.1, 0.15) is 17.5 Å². The SMILES string of the molecule is Cc1cc(CCCO)cc(N2Nc3ccccc3N2c2c[nH]nn2)c1O. The Morgan fingerprint density at radius 3 is 2.77 bits per heavy atom. The van der Waals surface area contributed by atoms with Gasteiger partial charge in [-0.15, -0.1) is 5.10 Å². The topological polar surface area (TPSA) is 101 Å². The number of rotatable bonds is 5. The predicted octanol–water partition coefficient (Wildman–Crippen LogP) is 2.64. The molecule has 3 aromatic rings. The molecular weight excluding hydrogens is 332 g/mol. The molecule has 0 radical (unpaired) electrons. The van der Waals surface area contributed by atoms with Crippen molar-refractivity contribution in [2.45, 2.75) is 19.8 Å². The fraction of sp³-hybridized carbons (Fsp3) is 0.222. The van der Waals surface area contributed by atoms with Crippen molar-refractivity contribution in [3.05, 3.63) is 53.7 Å². The van der Waals surface area contributed by atoms with Crippen LogP contribution in [0, 0.1) is 6.92 Å². The number of hydrogen-bond acceptors (Lipinski definition) is 7. The van der Waals surface area contributed by atoms with E-state index in [0.29, 0.717) is 17.9 Å². The summed E-state index contributed by atoms with van der Waals surface area (Å²) < 4.78 is 0. The fourth-order valence-electron chi connectivity index (χ4n) is 3.14. The number of fused-ring (bicyclic) bond motifs is 1. The Morgan fingerprint density at radius 1 is 1.15 bits per heavy atom. The Bertz CT molecular complexity index is 912. The smallest absolute Gasteiger partial charge is 0.195 e. The molecule has 0 aliphatic carbocycles. The molecule has 4 N–H and O–H groups in total. The Morgan fingerprint density at radius 2 is 2.00 bits per heavy atom. The van der Waals surface area contributed by atoms with Crippen molar-refractivity contribution < 1.29 is 10.2 Å². The van der Waals surface area contributed by atoms with Gasteiger partial charge in [0.05, 0.1) is 17.6 Å². The number of para-hydroxylation sites is 2. The molecule has 0 unspecified atom stereocenters. The second-order valence-corrected chi connectivity index (χ2v) is 6.19. The zero-order valence-electron chi connectivity index (χ0n) is 14.3. The quantitative estimate of drug-likeness (QED) is 0.560. The van der Waals surface area contributed by atoms with Crippen molar-refractivity contribution in [3.63, 3.8) is 0 Å². The number of benzene rings is 2. The van der Waals surface area contributed by atoms with Crippen LogP contribution in [0.4, 0.5) is 22.9 Å². The van der Waals surface area contributed by atoms with E-state index in [4.69, 9.17) is 5.11 Å². The van der Waals surface area contributed by atoms with Gasteiger partial charge in [0.15, 0.2) is 5.82 Å². The first-order valence-corrected chi connectivity index (χ1v) is 8.44. The number of nitrogens with zero attached hydrogens (tertiary/aromatic N) is 4. The van der Waals surface area contributed by atoms with Crippen LogP contribution < -0.4 is 15.6 Å². The van der Waals surface area contributed by atoms with Crippen LogP contribution in [0.5, 0.6) is 5.75 Å². The monoisotopic (exact) mass is 352 g/mol. The second kappa shape index (κ2) is 6.57. The van der Waals surface area contributed by atoms with E-state index in [1.165, 1.54) is 0 Å². The molecule has 1 aromatic heterocycles. The number of aromatic hydroxyl groups is 1. The summed E-state index contributed by atoms with van der Waals surface area (Å²) in [4.78, 5) is 0. The molecule has 2 aromatic carbocycles. The van der Waals surface area contributed by atoms with Crippen molar-refractivity contribution >= 4 is 22.9 Å².